The zero-order chi connectivity index (χ0) is 16.1. The standard InChI is InChI=1S/C21H18OS/c1-2-21(22)18-10-8-16(9-11-18)17-12-14-20(15-13-17)23-19-6-4-3-5-7-19/h3-15H,2H2,1H3. The monoisotopic (exact) mass is 318 g/mol. The first kappa shape index (κ1) is 15.6. The van der Waals surface area contributed by atoms with E-state index >= 15 is 0 Å². The van der Waals surface area contributed by atoms with E-state index in [1.54, 1.807) is 11.8 Å². The molecule has 2 heteroatoms. The van der Waals surface area contributed by atoms with Gasteiger partial charge in [-0.2, -0.15) is 0 Å². The summed E-state index contributed by atoms with van der Waals surface area (Å²) in [4.78, 5) is 14.1. The molecule has 0 aromatic heterocycles. The van der Waals surface area contributed by atoms with E-state index in [-0.39, 0.29) is 5.78 Å². The summed E-state index contributed by atoms with van der Waals surface area (Å²) in [7, 11) is 0. The molecule has 0 bridgehead atoms. The summed E-state index contributed by atoms with van der Waals surface area (Å²) in [6.45, 7) is 1.89. The van der Waals surface area contributed by atoms with E-state index in [0.29, 0.717) is 6.42 Å². The summed E-state index contributed by atoms with van der Waals surface area (Å²) in [6.07, 6.45) is 0.546. The van der Waals surface area contributed by atoms with E-state index in [1.165, 1.54) is 9.79 Å². The fourth-order valence-electron chi connectivity index (χ4n) is 2.39. The zero-order valence-corrected chi connectivity index (χ0v) is 13.8. The molecule has 1 nitrogen and oxygen atoms in total. The summed E-state index contributed by atoms with van der Waals surface area (Å²) in [5, 5.41) is 0. The highest BCUT2D eigenvalue weighted by Crippen LogP contribution is 2.29. The Hall–Kier alpha value is -2.32. The number of benzene rings is 3. The lowest BCUT2D eigenvalue weighted by atomic mass is 10.0. The average Bonchev–Trinajstić information content (AvgIpc) is 2.63. The molecule has 0 atom stereocenters. The first-order valence-corrected chi connectivity index (χ1v) is 8.54. The molecule has 0 unspecified atom stereocenters. The largest absolute Gasteiger partial charge is 0.294 e. The number of hydrogen-bond donors (Lipinski definition) is 0. The lowest BCUT2D eigenvalue weighted by molar-refractivity contribution is 0.0988. The summed E-state index contributed by atoms with van der Waals surface area (Å²) >= 11 is 1.76. The first-order valence-electron chi connectivity index (χ1n) is 7.73. The van der Waals surface area contributed by atoms with E-state index in [9.17, 15) is 4.79 Å². The van der Waals surface area contributed by atoms with Gasteiger partial charge in [0, 0.05) is 21.8 Å². The fraction of sp³-hybridized carbons (Fsp3) is 0.0952. The van der Waals surface area contributed by atoms with Gasteiger partial charge in [-0.15, -0.1) is 0 Å². The second-order valence-electron chi connectivity index (χ2n) is 5.29. The van der Waals surface area contributed by atoms with Crippen LogP contribution in [0.4, 0.5) is 0 Å². The van der Waals surface area contributed by atoms with E-state index < -0.39 is 0 Å². The molecule has 0 fully saturated rings. The fourth-order valence-corrected chi connectivity index (χ4v) is 3.23. The number of Topliss-reactive ketones (excluding diaryl/α,β-unsaturated/α-hetero) is 1. The van der Waals surface area contributed by atoms with Crippen LogP contribution in [0.2, 0.25) is 0 Å². The van der Waals surface area contributed by atoms with Gasteiger partial charge >= 0.3 is 0 Å². The van der Waals surface area contributed by atoms with Crippen molar-refractivity contribution >= 4 is 17.5 Å². The van der Waals surface area contributed by atoms with Crippen molar-refractivity contribution < 1.29 is 4.79 Å². The minimum atomic E-state index is 0.186. The number of rotatable bonds is 5. The van der Waals surface area contributed by atoms with Crippen LogP contribution in [0.3, 0.4) is 0 Å². The summed E-state index contributed by atoms with van der Waals surface area (Å²) in [5.41, 5.74) is 3.08. The van der Waals surface area contributed by atoms with Gasteiger partial charge in [0.15, 0.2) is 5.78 Å². The van der Waals surface area contributed by atoms with Crippen LogP contribution < -0.4 is 0 Å². The average molecular weight is 318 g/mol. The topological polar surface area (TPSA) is 17.1 Å². The predicted octanol–water partition coefficient (Wildman–Crippen LogP) is 6.10. The second-order valence-corrected chi connectivity index (χ2v) is 6.44. The predicted molar refractivity (Wildman–Crippen MR) is 97.1 cm³/mol. The van der Waals surface area contributed by atoms with Crippen molar-refractivity contribution in [3.8, 4) is 11.1 Å². The third-order valence-corrected chi connectivity index (χ3v) is 4.71. The Morgan fingerprint density at radius 3 is 1.83 bits per heavy atom. The molecule has 114 valence electrons. The Bertz CT molecular complexity index is 774. The molecule has 0 spiro atoms. The number of hydrogen-bond acceptors (Lipinski definition) is 2. The van der Waals surface area contributed by atoms with E-state index in [1.807, 2.05) is 37.3 Å². The maximum absolute atomic E-state index is 11.7. The maximum atomic E-state index is 11.7. The van der Waals surface area contributed by atoms with Crippen LogP contribution in [0.15, 0.2) is 88.7 Å². The maximum Gasteiger partial charge on any atom is 0.162 e. The van der Waals surface area contributed by atoms with Crippen molar-refractivity contribution in [2.45, 2.75) is 23.1 Å². The third kappa shape index (κ3) is 3.91. The molecule has 0 radical (unpaired) electrons. The smallest absolute Gasteiger partial charge is 0.162 e. The van der Waals surface area contributed by atoms with Crippen molar-refractivity contribution in [1.82, 2.24) is 0 Å². The number of ketones is 1. The summed E-state index contributed by atoms with van der Waals surface area (Å²) in [5.74, 6) is 0.186. The van der Waals surface area contributed by atoms with E-state index in [2.05, 4.69) is 48.5 Å². The minimum absolute atomic E-state index is 0.186. The van der Waals surface area contributed by atoms with Crippen molar-refractivity contribution in [2.24, 2.45) is 0 Å². The Morgan fingerprint density at radius 2 is 1.26 bits per heavy atom. The molecule has 0 saturated carbocycles. The van der Waals surface area contributed by atoms with Crippen molar-refractivity contribution in [3.05, 3.63) is 84.4 Å². The molecule has 0 N–H and O–H groups in total. The van der Waals surface area contributed by atoms with Gasteiger partial charge in [-0.05, 0) is 35.4 Å². The van der Waals surface area contributed by atoms with Gasteiger partial charge < -0.3 is 0 Å². The van der Waals surface area contributed by atoms with Gasteiger partial charge in [0.25, 0.3) is 0 Å². The quantitative estimate of drug-likeness (QED) is 0.529. The van der Waals surface area contributed by atoms with Crippen molar-refractivity contribution in [2.75, 3.05) is 0 Å². The van der Waals surface area contributed by atoms with Gasteiger partial charge in [0.05, 0.1) is 0 Å². The first-order chi connectivity index (χ1) is 11.3. The van der Waals surface area contributed by atoms with Gasteiger partial charge in [0.1, 0.15) is 0 Å². The Kier molecular flexibility index (Phi) is 4.94. The molecule has 3 aromatic rings. The molecule has 0 aliphatic carbocycles. The minimum Gasteiger partial charge on any atom is -0.294 e. The van der Waals surface area contributed by atoms with Gasteiger partial charge in [-0.1, -0.05) is 73.3 Å². The molecule has 3 aromatic carbocycles. The van der Waals surface area contributed by atoms with Crippen LogP contribution in [0, 0.1) is 0 Å². The highest BCUT2D eigenvalue weighted by atomic mass is 32.2. The van der Waals surface area contributed by atoms with E-state index in [4.69, 9.17) is 0 Å². The van der Waals surface area contributed by atoms with Gasteiger partial charge in [-0.25, -0.2) is 0 Å². The van der Waals surface area contributed by atoms with Crippen molar-refractivity contribution in [3.63, 3.8) is 0 Å². The lowest BCUT2D eigenvalue weighted by Gasteiger charge is -2.06. The van der Waals surface area contributed by atoms with Crippen LogP contribution in [0.25, 0.3) is 11.1 Å². The molecule has 0 amide bonds. The third-order valence-electron chi connectivity index (χ3n) is 3.69. The van der Waals surface area contributed by atoms with E-state index in [0.717, 1.165) is 16.7 Å². The Balaban J connectivity index is 1.75. The lowest BCUT2D eigenvalue weighted by Crippen LogP contribution is -1.95. The van der Waals surface area contributed by atoms with Crippen LogP contribution in [0.5, 0.6) is 0 Å². The van der Waals surface area contributed by atoms with Crippen molar-refractivity contribution in [1.29, 1.82) is 0 Å². The Morgan fingerprint density at radius 1 is 0.739 bits per heavy atom. The molecule has 0 heterocycles. The molecule has 3 rings (SSSR count). The molecule has 0 saturated heterocycles. The molecule has 0 aliphatic heterocycles. The molecule has 0 aliphatic rings. The van der Waals surface area contributed by atoms with Crippen LogP contribution in [0.1, 0.15) is 23.7 Å². The van der Waals surface area contributed by atoms with Crippen LogP contribution >= 0.6 is 11.8 Å². The normalized spacial score (nSPS) is 10.5. The Labute approximate surface area is 141 Å². The summed E-state index contributed by atoms with van der Waals surface area (Å²) in [6, 6.07) is 26.7. The molecular weight excluding hydrogens is 300 g/mol. The SMILES string of the molecule is CCC(=O)c1ccc(-c2ccc(Sc3ccccc3)cc2)cc1. The number of carbonyl (C=O) groups is 1. The highest BCUT2D eigenvalue weighted by molar-refractivity contribution is 7.99. The molecular formula is C21H18OS. The molecule has 23 heavy (non-hydrogen) atoms. The van der Waals surface area contributed by atoms with Crippen LogP contribution in [-0.4, -0.2) is 5.78 Å². The summed E-state index contributed by atoms with van der Waals surface area (Å²) < 4.78 is 0. The van der Waals surface area contributed by atoms with Crippen LogP contribution in [-0.2, 0) is 0 Å². The zero-order valence-electron chi connectivity index (χ0n) is 13.0. The van der Waals surface area contributed by atoms with Gasteiger partial charge in [-0.3, -0.25) is 4.79 Å². The number of carbonyl (C=O) groups excluding carboxylic acids is 1. The highest BCUT2D eigenvalue weighted by Gasteiger charge is 2.04. The van der Waals surface area contributed by atoms with Gasteiger partial charge in [0.2, 0.25) is 0 Å². The second kappa shape index (κ2) is 7.30.